The Kier molecular flexibility index (Phi) is 5.84. The number of alkyl halides is 1. The zero-order valence-corrected chi connectivity index (χ0v) is 13.5. The molecule has 0 aromatic heterocycles. The van der Waals surface area contributed by atoms with E-state index in [0.717, 1.165) is 18.7 Å². The molecule has 1 N–H and O–H groups in total. The highest BCUT2D eigenvalue weighted by atomic mass is 79.9. The summed E-state index contributed by atoms with van der Waals surface area (Å²) in [6.45, 7) is 3.55. The van der Waals surface area contributed by atoms with Crippen LogP contribution >= 0.6 is 27.7 Å². The predicted molar refractivity (Wildman–Crippen MR) is 73.0 cm³/mol. The molecular weight excluding hydrogens is 356 g/mol. The highest BCUT2D eigenvalue weighted by Gasteiger charge is 2.53. The number of aliphatic hydroxyl groups is 1. The fourth-order valence-corrected chi connectivity index (χ4v) is 3.49. The van der Waals surface area contributed by atoms with Gasteiger partial charge >= 0.3 is 17.9 Å². The summed E-state index contributed by atoms with van der Waals surface area (Å²) in [6, 6.07) is 0. The Hall–Kier alpha value is -0.800. The number of hydrogen-bond donors (Lipinski definition) is 1. The standard InChI is InChI=1S/C11H15BrO7S/c1-5(13)17-8-4-20-11(12,16)10(19-7(3)15)9(8)18-6(2)14/h8-10,16H,4H2,1-3H3/t8-,9+,10-,11+/m1/s1. The first-order chi connectivity index (χ1) is 9.13. The average Bonchev–Trinajstić information content (AvgIpc) is 2.26. The van der Waals surface area contributed by atoms with Gasteiger partial charge in [0.25, 0.3) is 0 Å². The molecule has 0 amide bonds. The summed E-state index contributed by atoms with van der Waals surface area (Å²) >= 11 is 4.00. The van der Waals surface area contributed by atoms with E-state index in [0.29, 0.717) is 0 Å². The van der Waals surface area contributed by atoms with Crippen LogP contribution in [0.5, 0.6) is 0 Å². The molecule has 20 heavy (non-hydrogen) atoms. The van der Waals surface area contributed by atoms with Crippen molar-refractivity contribution < 1.29 is 33.7 Å². The molecule has 0 aromatic rings. The number of rotatable bonds is 3. The van der Waals surface area contributed by atoms with Gasteiger partial charge in [-0.3, -0.25) is 14.4 Å². The van der Waals surface area contributed by atoms with Gasteiger partial charge in [0, 0.05) is 26.5 Å². The molecule has 1 saturated heterocycles. The van der Waals surface area contributed by atoms with Gasteiger partial charge in [-0.1, -0.05) is 0 Å². The monoisotopic (exact) mass is 370 g/mol. The van der Waals surface area contributed by atoms with E-state index in [9.17, 15) is 19.5 Å². The van der Waals surface area contributed by atoms with Gasteiger partial charge in [0.2, 0.25) is 3.84 Å². The molecule has 0 saturated carbocycles. The molecule has 0 aliphatic carbocycles. The molecule has 1 heterocycles. The van der Waals surface area contributed by atoms with E-state index in [4.69, 9.17) is 14.2 Å². The van der Waals surface area contributed by atoms with Gasteiger partial charge in [-0.15, -0.1) is 11.8 Å². The maximum Gasteiger partial charge on any atom is 0.303 e. The topological polar surface area (TPSA) is 99.1 Å². The van der Waals surface area contributed by atoms with Gasteiger partial charge in [-0.2, -0.15) is 0 Å². The van der Waals surface area contributed by atoms with Crippen molar-refractivity contribution in [3.8, 4) is 0 Å². The Morgan fingerprint density at radius 2 is 1.60 bits per heavy atom. The van der Waals surface area contributed by atoms with Crippen molar-refractivity contribution >= 4 is 45.6 Å². The largest absolute Gasteiger partial charge is 0.458 e. The molecule has 0 bridgehead atoms. The molecule has 1 fully saturated rings. The molecule has 4 atom stereocenters. The fourth-order valence-electron chi connectivity index (χ4n) is 1.74. The number of carbonyl (C=O) groups excluding carboxylic acids is 3. The third-order valence-electron chi connectivity index (χ3n) is 2.38. The van der Waals surface area contributed by atoms with Crippen LogP contribution in [0.15, 0.2) is 0 Å². The van der Waals surface area contributed by atoms with Gasteiger partial charge in [0.1, 0.15) is 0 Å². The molecule has 0 aromatic carbocycles. The number of esters is 3. The van der Waals surface area contributed by atoms with Crippen LogP contribution in [0.25, 0.3) is 0 Å². The molecular formula is C11H15BrO7S. The minimum atomic E-state index is -1.63. The molecule has 114 valence electrons. The van der Waals surface area contributed by atoms with Gasteiger partial charge in [0.05, 0.1) is 0 Å². The normalized spacial score (nSPS) is 33.1. The number of hydrogen-bond acceptors (Lipinski definition) is 8. The van der Waals surface area contributed by atoms with Crippen molar-refractivity contribution in [3.63, 3.8) is 0 Å². The second-order valence-corrected chi connectivity index (χ2v) is 7.15. The smallest absolute Gasteiger partial charge is 0.303 e. The lowest BCUT2D eigenvalue weighted by atomic mass is 10.1. The summed E-state index contributed by atoms with van der Waals surface area (Å²) in [6.07, 6.45) is -3.11. The fraction of sp³-hybridized carbons (Fsp3) is 0.727. The zero-order valence-electron chi connectivity index (χ0n) is 11.1. The summed E-state index contributed by atoms with van der Waals surface area (Å²) in [5.41, 5.74) is 0. The van der Waals surface area contributed by atoms with Gasteiger partial charge < -0.3 is 19.3 Å². The van der Waals surface area contributed by atoms with E-state index in [1.807, 2.05) is 0 Å². The first kappa shape index (κ1) is 17.3. The number of thioether (sulfide) groups is 1. The van der Waals surface area contributed by atoms with Crippen LogP contribution < -0.4 is 0 Å². The van der Waals surface area contributed by atoms with Crippen molar-refractivity contribution in [1.29, 1.82) is 0 Å². The molecule has 1 aliphatic rings. The molecule has 1 rings (SSSR count). The third-order valence-corrected chi connectivity index (χ3v) is 4.65. The number of halogens is 1. The van der Waals surface area contributed by atoms with Crippen molar-refractivity contribution in [3.05, 3.63) is 0 Å². The summed E-state index contributed by atoms with van der Waals surface area (Å²) in [7, 11) is 0. The van der Waals surface area contributed by atoms with E-state index in [1.54, 1.807) is 0 Å². The van der Waals surface area contributed by atoms with E-state index in [2.05, 4.69) is 15.9 Å². The molecule has 0 unspecified atom stereocenters. The SMILES string of the molecule is CC(=O)O[C@@H]1[C@@H](OC(C)=O)[C@@](O)(Br)SC[C@H]1OC(C)=O. The lowest BCUT2D eigenvalue weighted by Gasteiger charge is -2.42. The maximum absolute atomic E-state index is 11.2. The average molecular weight is 371 g/mol. The second kappa shape index (κ2) is 6.77. The number of carbonyl (C=O) groups is 3. The van der Waals surface area contributed by atoms with Crippen LogP contribution in [-0.4, -0.2) is 50.9 Å². The van der Waals surface area contributed by atoms with Gasteiger partial charge in [-0.05, 0) is 15.9 Å². The molecule has 0 radical (unpaired) electrons. The van der Waals surface area contributed by atoms with E-state index in [1.165, 1.54) is 13.8 Å². The maximum atomic E-state index is 11.2. The van der Waals surface area contributed by atoms with Gasteiger partial charge in [-0.25, -0.2) is 0 Å². The predicted octanol–water partition coefficient (Wildman–Crippen LogP) is 0.569. The van der Waals surface area contributed by atoms with E-state index < -0.39 is 40.1 Å². The lowest BCUT2D eigenvalue weighted by Crippen LogP contribution is -2.57. The Morgan fingerprint density at radius 1 is 1.10 bits per heavy atom. The molecule has 9 heteroatoms. The highest BCUT2D eigenvalue weighted by molar-refractivity contribution is 9.11. The molecule has 1 aliphatic heterocycles. The number of ether oxygens (including phenoxy) is 3. The lowest BCUT2D eigenvalue weighted by molar-refractivity contribution is -0.189. The van der Waals surface area contributed by atoms with Crippen LogP contribution in [0.4, 0.5) is 0 Å². The first-order valence-corrected chi connectivity index (χ1v) is 7.48. The van der Waals surface area contributed by atoms with E-state index >= 15 is 0 Å². The summed E-state index contributed by atoms with van der Waals surface area (Å²) in [5, 5.41) is 10.2. The minimum Gasteiger partial charge on any atom is -0.458 e. The summed E-state index contributed by atoms with van der Waals surface area (Å²) in [4.78, 5) is 33.4. The minimum absolute atomic E-state index is 0.178. The van der Waals surface area contributed by atoms with Crippen molar-refractivity contribution in [1.82, 2.24) is 0 Å². The highest BCUT2D eigenvalue weighted by Crippen LogP contribution is 2.43. The van der Waals surface area contributed by atoms with Crippen molar-refractivity contribution in [2.75, 3.05) is 5.75 Å². The Balaban J connectivity index is 3.02. The van der Waals surface area contributed by atoms with Crippen LogP contribution in [-0.2, 0) is 28.6 Å². The van der Waals surface area contributed by atoms with Crippen LogP contribution in [0.3, 0.4) is 0 Å². The van der Waals surface area contributed by atoms with Crippen LogP contribution in [0, 0.1) is 0 Å². The Labute approximate surface area is 128 Å². The third kappa shape index (κ3) is 4.64. The summed E-state index contributed by atoms with van der Waals surface area (Å²) in [5.74, 6) is -1.68. The zero-order chi connectivity index (χ0) is 15.5. The quantitative estimate of drug-likeness (QED) is 0.437. The van der Waals surface area contributed by atoms with Crippen molar-refractivity contribution in [2.24, 2.45) is 0 Å². The summed E-state index contributed by atoms with van der Waals surface area (Å²) < 4.78 is 13.5. The van der Waals surface area contributed by atoms with Gasteiger partial charge in [0.15, 0.2) is 18.3 Å². The molecule has 0 spiro atoms. The Bertz CT molecular complexity index is 412. The second-order valence-electron chi connectivity index (χ2n) is 4.17. The first-order valence-electron chi connectivity index (χ1n) is 5.70. The molecule has 7 nitrogen and oxygen atoms in total. The van der Waals surface area contributed by atoms with Crippen LogP contribution in [0.1, 0.15) is 20.8 Å². The van der Waals surface area contributed by atoms with E-state index in [-0.39, 0.29) is 5.75 Å². The van der Waals surface area contributed by atoms with Crippen LogP contribution in [0.2, 0.25) is 0 Å². The Morgan fingerprint density at radius 3 is 2.05 bits per heavy atom. The van der Waals surface area contributed by atoms with Crippen molar-refractivity contribution in [2.45, 2.75) is 42.9 Å².